The normalized spacial score (nSPS) is 15.5. The number of hydrogen-bond acceptors (Lipinski definition) is 8. The number of benzene rings is 1. The molecule has 0 aliphatic carbocycles. The molecule has 1 aliphatic heterocycles. The Morgan fingerprint density at radius 3 is 2.35 bits per heavy atom. The van der Waals surface area contributed by atoms with E-state index in [1.165, 1.54) is 0 Å². The molecule has 0 amide bonds. The summed E-state index contributed by atoms with van der Waals surface area (Å²) in [6.07, 6.45) is 4.65. The van der Waals surface area contributed by atoms with E-state index in [9.17, 15) is 4.79 Å². The van der Waals surface area contributed by atoms with Gasteiger partial charge in [0.25, 0.3) is 0 Å². The monoisotopic (exact) mass is 650 g/mol. The van der Waals surface area contributed by atoms with Crippen molar-refractivity contribution in [3.63, 3.8) is 0 Å². The van der Waals surface area contributed by atoms with Gasteiger partial charge in [-0.05, 0) is 103 Å². The highest BCUT2D eigenvalue weighted by atomic mass is 35.5. The van der Waals surface area contributed by atoms with Crippen LogP contribution in [0.2, 0.25) is 5.02 Å². The predicted molar refractivity (Wildman–Crippen MR) is 187 cm³/mol. The molecule has 0 N–H and O–H groups in total. The first-order chi connectivity index (χ1) is 21.5. The fourth-order valence-corrected chi connectivity index (χ4v) is 5.86. The SMILES string of the molecule is Cc1cc(Cl)ccc1OCCN(C)c1ccc(-c2cnc(C)c([C@H](OC(C)(C)C)C(=O)OC(C)C)c2N2CCC(C)(C)CC2)cn1. The predicted octanol–water partition coefficient (Wildman–Crippen LogP) is 8.36. The minimum absolute atomic E-state index is 0.251. The van der Waals surface area contributed by atoms with Crippen LogP contribution in [-0.2, 0) is 14.3 Å². The Hall–Kier alpha value is -3.36. The molecule has 3 aromatic rings. The minimum Gasteiger partial charge on any atom is -0.491 e. The highest BCUT2D eigenvalue weighted by Crippen LogP contribution is 2.43. The Morgan fingerprint density at radius 2 is 1.76 bits per heavy atom. The number of ether oxygens (including phenoxy) is 3. The van der Waals surface area contributed by atoms with Crippen molar-refractivity contribution in [2.24, 2.45) is 5.41 Å². The van der Waals surface area contributed by atoms with Gasteiger partial charge in [-0.1, -0.05) is 25.4 Å². The third kappa shape index (κ3) is 9.13. The summed E-state index contributed by atoms with van der Waals surface area (Å²) in [6.45, 7) is 21.0. The second-order valence-electron chi connectivity index (χ2n) is 14.4. The molecule has 8 nitrogen and oxygen atoms in total. The van der Waals surface area contributed by atoms with Crippen molar-refractivity contribution in [1.29, 1.82) is 0 Å². The molecule has 0 bridgehead atoms. The van der Waals surface area contributed by atoms with E-state index in [4.69, 9.17) is 35.8 Å². The Bertz CT molecular complexity index is 1490. The molecule has 9 heteroatoms. The molecule has 3 heterocycles. The van der Waals surface area contributed by atoms with Gasteiger partial charge in [-0.2, -0.15) is 0 Å². The van der Waals surface area contributed by atoms with E-state index >= 15 is 0 Å². The zero-order valence-corrected chi connectivity index (χ0v) is 30.0. The number of aromatic nitrogens is 2. The fraction of sp³-hybridized carbons (Fsp3) is 0.541. The molecule has 1 atom stereocenters. The summed E-state index contributed by atoms with van der Waals surface area (Å²) < 4.78 is 18.2. The van der Waals surface area contributed by atoms with Crippen LogP contribution < -0.4 is 14.5 Å². The second-order valence-corrected chi connectivity index (χ2v) is 14.8. The number of rotatable bonds is 11. The lowest BCUT2D eigenvalue weighted by atomic mass is 9.82. The lowest BCUT2D eigenvalue weighted by Crippen LogP contribution is -2.39. The van der Waals surface area contributed by atoms with Gasteiger partial charge in [-0.25, -0.2) is 9.78 Å². The maximum atomic E-state index is 13.7. The first kappa shape index (κ1) is 35.5. The number of nitrogens with zero attached hydrogens (tertiary/aromatic N) is 4. The summed E-state index contributed by atoms with van der Waals surface area (Å²) in [7, 11) is 2.00. The van der Waals surface area contributed by atoms with Crippen LogP contribution in [0.4, 0.5) is 11.5 Å². The molecule has 0 saturated carbocycles. The van der Waals surface area contributed by atoms with Crippen LogP contribution in [0.5, 0.6) is 5.75 Å². The van der Waals surface area contributed by atoms with Crippen LogP contribution in [0.25, 0.3) is 11.1 Å². The molecular weight excluding hydrogens is 600 g/mol. The van der Waals surface area contributed by atoms with Gasteiger partial charge in [0.2, 0.25) is 0 Å². The first-order valence-corrected chi connectivity index (χ1v) is 16.6. The lowest BCUT2D eigenvalue weighted by Gasteiger charge is -2.41. The summed E-state index contributed by atoms with van der Waals surface area (Å²) in [5.41, 5.74) is 4.98. The van der Waals surface area contributed by atoms with E-state index in [0.29, 0.717) is 18.2 Å². The molecule has 0 spiro atoms. The number of aryl methyl sites for hydroxylation is 2. The van der Waals surface area contributed by atoms with Gasteiger partial charge in [0.15, 0.2) is 6.10 Å². The number of likely N-dealkylation sites (N-methyl/N-ethyl adjacent to an activating group) is 1. The average molecular weight is 651 g/mol. The topological polar surface area (TPSA) is 77.0 Å². The molecule has 46 heavy (non-hydrogen) atoms. The van der Waals surface area contributed by atoms with E-state index < -0.39 is 17.7 Å². The van der Waals surface area contributed by atoms with Crippen molar-refractivity contribution >= 4 is 29.1 Å². The zero-order chi connectivity index (χ0) is 33.8. The summed E-state index contributed by atoms with van der Waals surface area (Å²) in [5, 5.41) is 0.696. The van der Waals surface area contributed by atoms with Crippen LogP contribution in [0, 0.1) is 19.3 Å². The summed E-state index contributed by atoms with van der Waals surface area (Å²) in [4.78, 5) is 27.8. The van der Waals surface area contributed by atoms with Crippen molar-refractivity contribution in [2.45, 2.75) is 93.0 Å². The molecule has 1 aliphatic rings. The van der Waals surface area contributed by atoms with Crippen molar-refractivity contribution in [1.82, 2.24) is 9.97 Å². The van der Waals surface area contributed by atoms with E-state index in [2.05, 4.69) is 29.7 Å². The van der Waals surface area contributed by atoms with E-state index in [0.717, 1.165) is 71.1 Å². The zero-order valence-electron chi connectivity index (χ0n) is 29.2. The largest absolute Gasteiger partial charge is 0.491 e. The highest BCUT2D eigenvalue weighted by molar-refractivity contribution is 6.30. The van der Waals surface area contributed by atoms with Gasteiger partial charge in [-0.3, -0.25) is 4.98 Å². The van der Waals surface area contributed by atoms with Crippen molar-refractivity contribution in [3.05, 3.63) is 64.6 Å². The fourth-order valence-electron chi connectivity index (χ4n) is 5.64. The van der Waals surface area contributed by atoms with Crippen LogP contribution in [0.15, 0.2) is 42.7 Å². The summed E-state index contributed by atoms with van der Waals surface area (Å²) >= 11 is 6.09. The van der Waals surface area contributed by atoms with Crippen molar-refractivity contribution in [3.8, 4) is 16.9 Å². The van der Waals surface area contributed by atoms with Crippen LogP contribution >= 0.6 is 11.6 Å². The number of piperidine rings is 1. The second kappa shape index (κ2) is 14.6. The molecule has 2 aromatic heterocycles. The van der Waals surface area contributed by atoms with Gasteiger partial charge in [0, 0.05) is 59.9 Å². The first-order valence-electron chi connectivity index (χ1n) is 16.2. The third-order valence-corrected chi connectivity index (χ3v) is 8.53. The maximum absolute atomic E-state index is 13.7. The number of esters is 1. The number of halogens is 1. The minimum atomic E-state index is -0.928. The van der Waals surface area contributed by atoms with Crippen LogP contribution in [-0.4, -0.2) is 60.9 Å². The van der Waals surface area contributed by atoms with Gasteiger partial charge >= 0.3 is 5.97 Å². The van der Waals surface area contributed by atoms with Gasteiger partial charge in [0.1, 0.15) is 18.2 Å². The molecule has 4 rings (SSSR count). The van der Waals surface area contributed by atoms with E-state index in [-0.39, 0.29) is 11.5 Å². The third-order valence-electron chi connectivity index (χ3n) is 8.29. The van der Waals surface area contributed by atoms with Crippen molar-refractivity contribution in [2.75, 3.05) is 43.1 Å². The Balaban J connectivity index is 1.68. The van der Waals surface area contributed by atoms with E-state index in [1.807, 2.05) is 92.2 Å². The molecule has 250 valence electrons. The number of pyridine rings is 2. The number of hydrogen-bond donors (Lipinski definition) is 0. The van der Waals surface area contributed by atoms with E-state index in [1.54, 1.807) is 0 Å². The Morgan fingerprint density at radius 1 is 1.07 bits per heavy atom. The molecule has 0 unspecified atom stereocenters. The van der Waals surface area contributed by atoms with Crippen LogP contribution in [0.3, 0.4) is 0 Å². The van der Waals surface area contributed by atoms with Crippen LogP contribution in [0.1, 0.15) is 84.2 Å². The highest BCUT2D eigenvalue weighted by Gasteiger charge is 2.37. The molecule has 1 fully saturated rings. The maximum Gasteiger partial charge on any atom is 0.340 e. The summed E-state index contributed by atoms with van der Waals surface area (Å²) in [5.74, 6) is 1.25. The van der Waals surface area contributed by atoms with Gasteiger partial charge < -0.3 is 24.0 Å². The van der Waals surface area contributed by atoms with Crippen molar-refractivity contribution < 1.29 is 19.0 Å². The lowest BCUT2D eigenvalue weighted by molar-refractivity contribution is -0.171. The smallest absolute Gasteiger partial charge is 0.340 e. The Kier molecular flexibility index (Phi) is 11.3. The number of anilines is 2. The average Bonchev–Trinajstić information content (AvgIpc) is 2.96. The quantitative estimate of drug-likeness (QED) is 0.192. The summed E-state index contributed by atoms with van der Waals surface area (Å²) in [6, 6.07) is 9.72. The molecule has 0 radical (unpaired) electrons. The molecular formula is C37H51ClN4O4. The molecule has 1 saturated heterocycles. The van der Waals surface area contributed by atoms with Gasteiger partial charge in [-0.15, -0.1) is 0 Å². The Labute approximate surface area is 280 Å². The number of carbonyl (C=O) groups excluding carboxylic acids is 1. The standard InChI is InChI=1S/C37H51ClN4O4/c1-24(2)45-35(43)34(46-36(5,6)7)32-26(4)39-23-29(33(32)42-17-15-37(8,9)16-18-42)27-11-14-31(40-22-27)41(10)19-20-44-30-13-12-28(38)21-25(30)3/h11-14,21-24,34H,15-20H2,1-10H3/t34-/m0/s1. The van der Waals surface area contributed by atoms with Gasteiger partial charge in [0.05, 0.1) is 23.9 Å². The number of carbonyl (C=O) groups is 1. The molecule has 1 aromatic carbocycles.